The summed E-state index contributed by atoms with van der Waals surface area (Å²) in [5.74, 6) is 0.771. The van der Waals surface area contributed by atoms with Crippen molar-refractivity contribution in [3.63, 3.8) is 0 Å². The lowest BCUT2D eigenvalue weighted by Crippen LogP contribution is -2.29. The summed E-state index contributed by atoms with van der Waals surface area (Å²) in [7, 11) is 0. The summed E-state index contributed by atoms with van der Waals surface area (Å²) in [6.07, 6.45) is 3.93. The first-order valence-corrected chi connectivity index (χ1v) is 6.63. The maximum absolute atomic E-state index is 3.49. The normalized spacial score (nSPS) is 11.6. The van der Waals surface area contributed by atoms with E-state index in [1.807, 2.05) is 0 Å². The first kappa shape index (κ1) is 14.9. The van der Waals surface area contributed by atoms with Crippen molar-refractivity contribution in [2.45, 2.75) is 47.0 Å². The Labute approximate surface area is 96.4 Å². The van der Waals surface area contributed by atoms with Crippen LogP contribution in [0.25, 0.3) is 0 Å². The largest absolute Gasteiger partial charge is 0.316 e. The molecule has 0 spiro atoms. The second-order valence-corrected chi connectivity index (χ2v) is 4.74. The summed E-state index contributed by atoms with van der Waals surface area (Å²) in [6.45, 7) is 15.1. The minimum Gasteiger partial charge on any atom is -0.316 e. The van der Waals surface area contributed by atoms with Gasteiger partial charge in [-0.25, -0.2) is 0 Å². The maximum atomic E-state index is 3.49. The van der Waals surface area contributed by atoms with Gasteiger partial charge in [-0.2, -0.15) is 0 Å². The molecule has 0 atom stereocenters. The molecule has 0 aromatic rings. The van der Waals surface area contributed by atoms with Crippen molar-refractivity contribution in [2.75, 3.05) is 32.7 Å². The molecule has 0 aliphatic heterocycles. The van der Waals surface area contributed by atoms with Crippen molar-refractivity contribution >= 4 is 0 Å². The van der Waals surface area contributed by atoms with Crippen LogP contribution in [0, 0.1) is 5.92 Å². The molecule has 0 aliphatic rings. The van der Waals surface area contributed by atoms with Crippen molar-refractivity contribution in [3.8, 4) is 0 Å². The second-order valence-electron chi connectivity index (χ2n) is 4.74. The standard InChI is InChI=1S/C13H30N2/c1-5-7-10-15(6-2)11-8-9-14-12-13(3)4/h13-14H,5-12H2,1-4H3. The fraction of sp³-hybridized carbons (Fsp3) is 1.00. The number of rotatable bonds is 10. The van der Waals surface area contributed by atoms with Crippen LogP contribution in [0.3, 0.4) is 0 Å². The van der Waals surface area contributed by atoms with Crippen LogP contribution in [0.2, 0.25) is 0 Å². The molecule has 2 nitrogen and oxygen atoms in total. The highest BCUT2D eigenvalue weighted by Crippen LogP contribution is 1.96. The molecule has 0 heterocycles. The van der Waals surface area contributed by atoms with E-state index in [1.54, 1.807) is 0 Å². The van der Waals surface area contributed by atoms with Crippen LogP contribution < -0.4 is 5.32 Å². The van der Waals surface area contributed by atoms with E-state index in [2.05, 4.69) is 37.9 Å². The predicted molar refractivity (Wildman–Crippen MR) is 69.3 cm³/mol. The quantitative estimate of drug-likeness (QED) is 0.563. The number of nitrogens with one attached hydrogen (secondary N) is 1. The van der Waals surface area contributed by atoms with Crippen molar-refractivity contribution < 1.29 is 0 Å². The molecule has 0 amide bonds. The third kappa shape index (κ3) is 10.2. The van der Waals surface area contributed by atoms with Gasteiger partial charge in [0.15, 0.2) is 0 Å². The van der Waals surface area contributed by atoms with Crippen LogP contribution in [-0.4, -0.2) is 37.6 Å². The van der Waals surface area contributed by atoms with Crippen LogP contribution >= 0.6 is 0 Å². The zero-order valence-electron chi connectivity index (χ0n) is 11.2. The zero-order chi connectivity index (χ0) is 11.5. The molecule has 0 fully saturated rings. The van der Waals surface area contributed by atoms with Gasteiger partial charge >= 0.3 is 0 Å². The Kier molecular flexibility index (Phi) is 10.4. The van der Waals surface area contributed by atoms with Gasteiger partial charge < -0.3 is 10.2 Å². The van der Waals surface area contributed by atoms with Crippen LogP contribution in [0.4, 0.5) is 0 Å². The fourth-order valence-corrected chi connectivity index (χ4v) is 1.63. The smallest absolute Gasteiger partial charge is 0.000676 e. The molecule has 2 heteroatoms. The van der Waals surface area contributed by atoms with E-state index in [0.717, 1.165) is 12.5 Å². The Balaban J connectivity index is 3.30. The molecule has 0 saturated heterocycles. The monoisotopic (exact) mass is 214 g/mol. The minimum absolute atomic E-state index is 0.771. The molecule has 0 saturated carbocycles. The highest BCUT2D eigenvalue weighted by Gasteiger charge is 2.00. The second kappa shape index (κ2) is 10.4. The topological polar surface area (TPSA) is 15.3 Å². The Morgan fingerprint density at radius 1 is 1.07 bits per heavy atom. The SMILES string of the molecule is CCCCN(CC)CCCNCC(C)C. The Bertz CT molecular complexity index is 124. The first-order valence-electron chi connectivity index (χ1n) is 6.63. The van der Waals surface area contributed by atoms with E-state index in [0.29, 0.717) is 0 Å². The summed E-state index contributed by atoms with van der Waals surface area (Å²) in [5, 5.41) is 3.49. The Hall–Kier alpha value is -0.0800. The molecule has 92 valence electrons. The summed E-state index contributed by atoms with van der Waals surface area (Å²) >= 11 is 0. The van der Waals surface area contributed by atoms with E-state index in [-0.39, 0.29) is 0 Å². The molecule has 0 aromatic heterocycles. The average molecular weight is 214 g/mol. The summed E-state index contributed by atoms with van der Waals surface area (Å²) in [4.78, 5) is 2.56. The Morgan fingerprint density at radius 3 is 2.27 bits per heavy atom. The van der Waals surface area contributed by atoms with Crippen molar-refractivity contribution in [1.82, 2.24) is 10.2 Å². The van der Waals surface area contributed by atoms with Crippen molar-refractivity contribution in [3.05, 3.63) is 0 Å². The number of hydrogen-bond donors (Lipinski definition) is 1. The van der Waals surface area contributed by atoms with Crippen LogP contribution in [0.15, 0.2) is 0 Å². The van der Waals surface area contributed by atoms with E-state index in [4.69, 9.17) is 0 Å². The van der Waals surface area contributed by atoms with Crippen molar-refractivity contribution in [1.29, 1.82) is 0 Å². The van der Waals surface area contributed by atoms with Gasteiger partial charge in [-0.1, -0.05) is 34.1 Å². The van der Waals surface area contributed by atoms with Crippen LogP contribution in [-0.2, 0) is 0 Å². The van der Waals surface area contributed by atoms with Gasteiger partial charge in [-0.15, -0.1) is 0 Å². The number of unbranched alkanes of at least 4 members (excludes halogenated alkanes) is 1. The molecule has 0 aliphatic carbocycles. The maximum Gasteiger partial charge on any atom is -0.000676 e. The molecule has 0 radical (unpaired) electrons. The lowest BCUT2D eigenvalue weighted by molar-refractivity contribution is 0.278. The molecule has 0 aromatic carbocycles. The van der Waals surface area contributed by atoms with E-state index in [1.165, 1.54) is 45.4 Å². The lowest BCUT2D eigenvalue weighted by atomic mass is 10.2. The van der Waals surface area contributed by atoms with Gasteiger partial charge in [-0.3, -0.25) is 0 Å². The summed E-state index contributed by atoms with van der Waals surface area (Å²) < 4.78 is 0. The van der Waals surface area contributed by atoms with Gasteiger partial charge in [0.2, 0.25) is 0 Å². The van der Waals surface area contributed by atoms with Gasteiger partial charge in [0.05, 0.1) is 0 Å². The predicted octanol–water partition coefficient (Wildman–Crippen LogP) is 2.74. The zero-order valence-corrected chi connectivity index (χ0v) is 11.2. The fourth-order valence-electron chi connectivity index (χ4n) is 1.63. The first-order chi connectivity index (χ1) is 7.20. The van der Waals surface area contributed by atoms with Crippen LogP contribution in [0.5, 0.6) is 0 Å². The molecule has 15 heavy (non-hydrogen) atoms. The molecule has 0 rings (SSSR count). The molecular weight excluding hydrogens is 184 g/mol. The van der Waals surface area contributed by atoms with Gasteiger partial charge in [0.25, 0.3) is 0 Å². The van der Waals surface area contributed by atoms with Gasteiger partial charge in [-0.05, 0) is 51.5 Å². The lowest BCUT2D eigenvalue weighted by Gasteiger charge is -2.20. The molecule has 0 unspecified atom stereocenters. The van der Waals surface area contributed by atoms with E-state index >= 15 is 0 Å². The van der Waals surface area contributed by atoms with Crippen LogP contribution in [0.1, 0.15) is 47.0 Å². The molecule has 0 bridgehead atoms. The van der Waals surface area contributed by atoms with Crippen molar-refractivity contribution in [2.24, 2.45) is 5.92 Å². The third-order valence-electron chi connectivity index (χ3n) is 2.66. The number of hydrogen-bond acceptors (Lipinski definition) is 2. The molecule has 1 N–H and O–H groups in total. The van der Waals surface area contributed by atoms with Gasteiger partial charge in [0.1, 0.15) is 0 Å². The molecular formula is C13H30N2. The van der Waals surface area contributed by atoms with E-state index < -0.39 is 0 Å². The summed E-state index contributed by atoms with van der Waals surface area (Å²) in [6, 6.07) is 0. The van der Waals surface area contributed by atoms with E-state index in [9.17, 15) is 0 Å². The number of nitrogens with zero attached hydrogens (tertiary/aromatic N) is 1. The highest BCUT2D eigenvalue weighted by molar-refractivity contribution is 4.58. The van der Waals surface area contributed by atoms with Gasteiger partial charge in [0, 0.05) is 0 Å². The minimum atomic E-state index is 0.771. The highest BCUT2D eigenvalue weighted by atomic mass is 15.1. The summed E-state index contributed by atoms with van der Waals surface area (Å²) in [5.41, 5.74) is 0. The Morgan fingerprint density at radius 2 is 1.73 bits per heavy atom. The average Bonchev–Trinajstić information content (AvgIpc) is 2.21. The third-order valence-corrected chi connectivity index (χ3v) is 2.66.